The Kier molecular flexibility index (Phi) is 4.94. The number of methoxy groups -OCH3 is 1. The molecule has 1 saturated heterocycles. The zero-order chi connectivity index (χ0) is 19.7. The van der Waals surface area contributed by atoms with E-state index in [1.54, 1.807) is 7.11 Å². The van der Waals surface area contributed by atoms with Crippen molar-refractivity contribution in [1.29, 1.82) is 0 Å². The zero-order valence-electron chi connectivity index (χ0n) is 16.8. The lowest BCUT2D eigenvalue weighted by Crippen LogP contribution is -2.47. The third kappa shape index (κ3) is 2.90. The van der Waals surface area contributed by atoms with Crippen LogP contribution in [0.25, 0.3) is 0 Å². The monoisotopic (exact) mass is 380 g/mol. The van der Waals surface area contributed by atoms with Gasteiger partial charge in [-0.25, -0.2) is 0 Å². The fraction of sp³-hybridized carbons (Fsp3) is 0.391. The van der Waals surface area contributed by atoms with Gasteiger partial charge in [0.1, 0.15) is 17.3 Å². The van der Waals surface area contributed by atoms with E-state index in [1.807, 2.05) is 55.5 Å². The Bertz CT molecular complexity index is 847. The summed E-state index contributed by atoms with van der Waals surface area (Å²) in [4.78, 5) is 4.37. The molecule has 2 aromatic rings. The number of fused-ring (bicyclic) bond motifs is 1. The molecular formula is C23H28N2O3. The largest absolute Gasteiger partial charge is 0.497 e. The van der Waals surface area contributed by atoms with Crippen molar-refractivity contribution in [3.05, 3.63) is 66.0 Å². The molecule has 2 atom stereocenters. The molecule has 0 aliphatic carbocycles. The summed E-state index contributed by atoms with van der Waals surface area (Å²) in [7, 11) is 1.66. The first-order valence-electron chi connectivity index (χ1n) is 9.96. The summed E-state index contributed by atoms with van der Waals surface area (Å²) in [6, 6.07) is 15.6. The highest BCUT2D eigenvalue weighted by Crippen LogP contribution is 2.48. The number of anilines is 1. The fourth-order valence-electron chi connectivity index (χ4n) is 4.31. The third-order valence-electron chi connectivity index (χ3n) is 5.77. The Morgan fingerprint density at radius 3 is 2.39 bits per heavy atom. The van der Waals surface area contributed by atoms with Crippen LogP contribution in [-0.2, 0) is 5.72 Å². The number of allylic oxidation sites excluding steroid dienone is 1. The van der Waals surface area contributed by atoms with E-state index in [2.05, 4.69) is 22.8 Å². The van der Waals surface area contributed by atoms with Crippen LogP contribution in [0.2, 0.25) is 0 Å². The summed E-state index contributed by atoms with van der Waals surface area (Å²) < 4.78 is 10.9. The first-order valence-corrected chi connectivity index (χ1v) is 9.96. The molecule has 1 N–H and O–H groups in total. The third-order valence-corrected chi connectivity index (χ3v) is 5.77. The normalized spacial score (nSPS) is 24.0. The predicted octanol–water partition coefficient (Wildman–Crippen LogP) is 4.08. The maximum absolute atomic E-state index is 12.1. The van der Waals surface area contributed by atoms with E-state index < -0.39 is 5.72 Å². The molecule has 0 saturated carbocycles. The summed E-state index contributed by atoms with van der Waals surface area (Å²) in [6.07, 6.45) is 4.35. The van der Waals surface area contributed by atoms with E-state index >= 15 is 0 Å². The van der Waals surface area contributed by atoms with Gasteiger partial charge in [-0.05, 0) is 69.2 Å². The molecule has 2 aliphatic heterocycles. The van der Waals surface area contributed by atoms with Crippen LogP contribution >= 0.6 is 0 Å². The number of benzene rings is 2. The molecule has 28 heavy (non-hydrogen) atoms. The first kappa shape index (κ1) is 18.7. The van der Waals surface area contributed by atoms with Gasteiger partial charge >= 0.3 is 0 Å². The second-order valence-electron chi connectivity index (χ2n) is 7.29. The number of rotatable bonds is 5. The highest BCUT2D eigenvalue weighted by Gasteiger charge is 2.54. The molecule has 0 bridgehead atoms. The molecule has 0 aromatic heterocycles. The SMILES string of the molecule is CCOc1ccc([C@]2(O)[C@H](C)N3CCCC=C3N2c2ccc(OC)cc2)cc1. The van der Waals surface area contributed by atoms with Gasteiger partial charge in [-0.1, -0.05) is 12.1 Å². The summed E-state index contributed by atoms with van der Waals surface area (Å²) in [5.74, 6) is 2.68. The van der Waals surface area contributed by atoms with E-state index in [0.717, 1.165) is 48.0 Å². The van der Waals surface area contributed by atoms with Crippen LogP contribution < -0.4 is 14.4 Å². The highest BCUT2D eigenvalue weighted by atomic mass is 16.5. The number of aliphatic hydroxyl groups is 1. The minimum absolute atomic E-state index is 0.0842. The second kappa shape index (κ2) is 7.40. The quantitative estimate of drug-likeness (QED) is 0.847. The van der Waals surface area contributed by atoms with Crippen LogP contribution in [0, 0.1) is 0 Å². The molecule has 0 amide bonds. The van der Waals surface area contributed by atoms with Crippen molar-refractivity contribution in [2.45, 2.75) is 38.5 Å². The Hall–Kier alpha value is -2.66. The van der Waals surface area contributed by atoms with Crippen molar-refractivity contribution in [1.82, 2.24) is 4.90 Å². The van der Waals surface area contributed by atoms with Crippen molar-refractivity contribution in [2.24, 2.45) is 0 Å². The van der Waals surface area contributed by atoms with Crippen LogP contribution in [0.4, 0.5) is 5.69 Å². The van der Waals surface area contributed by atoms with Gasteiger partial charge in [0.15, 0.2) is 5.72 Å². The van der Waals surface area contributed by atoms with Gasteiger partial charge in [-0.3, -0.25) is 4.90 Å². The van der Waals surface area contributed by atoms with Gasteiger partial charge in [0.25, 0.3) is 0 Å². The number of hydrogen-bond acceptors (Lipinski definition) is 5. The van der Waals surface area contributed by atoms with Crippen molar-refractivity contribution < 1.29 is 14.6 Å². The van der Waals surface area contributed by atoms with Gasteiger partial charge in [-0.15, -0.1) is 0 Å². The van der Waals surface area contributed by atoms with Gasteiger partial charge < -0.3 is 19.5 Å². The fourth-order valence-corrected chi connectivity index (χ4v) is 4.31. The highest BCUT2D eigenvalue weighted by molar-refractivity contribution is 5.60. The van der Waals surface area contributed by atoms with E-state index in [4.69, 9.17) is 9.47 Å². The van der Waals surface area contributed by atoms with E-state index in [9.17, 15) is 5.11 Å². The van der Waals surface area contributed by atoms with Crippen molar-refractivity contribution >= 4 is 5.69 Å². The predicted molar refractivity (Wildman–Crippen MR) is 110 cm³/mol. The lowest BCUT2D eigenvalue weighted by molar-refractivity contribution is 0.00780. The van der Waals surface area contributed by atoms with Gasteiger partial charge in [0.2, 0.25) is 0 Å². The van der Waals surface area contributed by atoms with Crippen LogP contribution in [0.5, 0.6) is 11.5 Å². The molecule has 0 unspecified atom stereocenters. The molecular weight excluding hydrogens is 352 g/mol. The average Bonchev–Trinajstić information content (AvgIpc) is 2.97. The summed E-state index contributed by atoms with van der Waals surface area (Å²) in [6.45, 7) is 5.63. The Labute approximate surface area is 166 Å². The molecule has 5 nitrogen and oxygen atoms in total. The van der Waals surface area contributed by atoms with Gasteiger partial charge in [-0.2, -0.15) is 0 Å². The average molecular weight is 380 g/mol. The van der Waals surface area contributed by atoms with Gasteiger partial charge in [0, 0.05) is 17.8 Å². The molecule has 148 valence electrons. The molecule has 2 aromatic carbocycles. The van der Waals surface area contributed by atoms with Crippen molar-refractivity contribution in [3.63, 3.8) is 0 Å². The Morgan fingerprint density at radius 1 is 1.07 bits per heavy atom. The molecule has 2 heterocycles. The standard InChI is InChI=1S/C23H28N2O3/c1-4-28-21-12-8-18(9-13-21)23(26)17(2)24-16-6-5-7-22(24)25(23)19-10-14-20(27-3)15-11-19/h7-15,17,26H,4-6,16H2,1-3H3/t17-,23+/m0/s1. The van der Waals surface area contributed by atoms with Crippen molar-refractivity contribution in [3.8, 4) is 11.5 Å². The zero-order valence-corrected chi connectivity index (χ0v) is 16.8. The Balaban J connectivity index is 1.81. The van der Waals surface area contributed by atoms with Crippen molar-refractivity contribution in [2.75, 3.05) is 25.2 Å². The van der Waals surface area contributed by atoms with Crippen LogP contribution in [-0.4, -0.2) is 36.3 Å². The maximum Gasteiger partial charge on any atom is 0.190 e. The van der Waals surface area contributed by atoms with E-state index in [0.29, 0.717) is 6.61 Å². The smallest absolute Gasteiger partial charge is 0.190 e. The second-order valence-corrected chi connectivity index (χ2v) is 7.29. The van der Waals surface area contributed by atoms with Gasteiger partial charge in [0.05, 0.1) is 19.8 Å². The lowest BCUT2D eigenvalue weighted by atomic mass is 9.94. The summed E-state index contributed by atoms with van der Waals surface area (Å²) in [5.41, 5.74) is 0.629. The first-order chi connectivity index (χ1) is 13.6. The topological polar surface area (TPSA) is 45.2 Å². The van der Waals surface area contributed by atoms with E-state index in [-0.39, 0.29) is 6.04 Å². The molecule has 4 rings (SSSR count). The lowest BCUT2D eigenvalue weighted by Gasteiger charge is -2.37. The number of hydrogen-bond donors (Lipinski definition) is 1. The minimum atomic E-state index is -1.17. The van der Waals surface area contributed by atoms with Crippen LogP contribution in [0.15, 0.2) is 60.4 Å². The number of nitrogens with zero attached hydrogens (tertiary/aromatic N) is 2. The summed E-state index contributed by atoms with van der Waals surface area (Å²) in [5, 5.41) is 12.1. The molecule has 0 spiro atoms. The molecule has 5 heteroatoms. The Morgan fingerprint density at radius 2 is 1.75 bits per heavy atom. The summed E-state index contributed by atoms with van der Waals surface area (Å²) >= 11 is 0. The molecule has 2 aliphatic rings. The van der Waals surface area contributed by atoms with Crippen LogP contribution in [0.1, 0.15) is 32.3 Å². The van der Waals surface area contributed by atoms with E-state index in [1.165, 1.54) is 0 Å². The minimum Gasteiger partial charge on any atom is -0.497 e. The molecule has 0 radical (unpaired) electrons. The maximum atomic E-state index is 12.1. The van der Waals surface area contributed by atoms with Crippen LogP contribution in [0.3, 0.4) is 0 Å². The molecule has 1 fully saturated rings. The number of ether oxygens (including phenoxy) is 2.